The Morgan fingerprint density at radius 2 is 1.73 bits per heavy atom. The van der Waals surface area contributed by atoms with Gasteiger partial charge in [0.1, 0.15) is 5.54 Å². The van der Waals surface area contributed by atoms with E-state index in [0.717, 1.165) is 41.1 Å². The summed E-state index contributed by atoms with van der Waals surface area (Å²) in [7, 11) is -3.61. The summed E-state index contributed by atoms with van der Waals surface area (Å²) in [5.41, 5.74) is 1.27. The number of piperazine rings is 1. The molecule has 1 atom stereocenters. The fraction of sp³-hybridized carbons (Fsp3) is 0.636. The fourth-order valence-electron chi connectivity index (χ4n) is 4.62. The maximum atomic E-state index is 13.5. The van der Waals surface area contributed by atoms with Crippen LogP contribution in [0.3, 0.4) is 0 Å². The van der Waals surface area contributed by atoms with E-state index in [9.17, 15) is 18.0 Å². The Morgan fingerprint density at radius 1 is 1.13 bits per heavy atom. The predicted molar refractivity (Wildman–Crippen MR) is 118 cm³/mol. The van der Waals surface area contributed by atoms with Gasteiger partial charge < -0.3 is 5.32 Å². The van der Waals surface area contributed by atoms with E-state index in [1.807, 2.05) is 32.0 Å². The maximum absolute atomic E-state index is 13.5. The van der Waals surface area contributed by atoms with Crippen molar-refractivity contribution in [2.75, 3.05) is 23.7 Å². The van der Waals surface area contributed by atoms with Gasteiger partial charge in [-0.05, 0) is 63.8 Å². The van der Waals surface area contributed by atoms with Crippen molar-refractivity contribution in [3.05, 3.63) is 29.3 Å². The molecule has 1 aromatic rings. The molecule has 30 heavy (non-hydrogen) atoms. The molecule has 166 valence electrons. The first-order valence-corrected chi connectivity index (χ1v) is 12.4. The maximum Gasteiger partial charge on any atom is 0.247 e. The minimum atomic E-state index is -3.61. The molecule has 1 N–H and O–H groups in total. The van der Waals surface area contributed by atoms with Crippen LogP contribution < -0.4 is 10.2 Å². The molecule has 1 aliphatic carbocycles. The molecule has 0 radical (unpaired) electrons. The van der Waals surface area contributed by atoms with Crippen LogP contribution in [-0.2, 0) is 19.6 Å². The molecule has 7 nitrogen and oxygen atoms in total. The van der Waals surface area contributed by atoms with Crippen molar-refractivity contribution in [3.63, 3.8) is 0 Å². The van der Waals surface area contributed by atoms with Crippen molar-refractivity contribution in [1.82, 2.24) is 9.62 Å². The molecule has 2 fully saturated rings. The Bertz CT molecular complexity index is 904. The van der Waals surface area contributed by atoms with E-state index in [4.69, 9.17) is 0 Å². The van der Waals surface area contributed by atoms with E-state index in [0.29, 0.717) is 5.69 Å². The minimum absolute atomic E-state index is 0.0551. The van der Waals surface area contributed by atoms with E-state index in [1.54, 1.807) is 13.8 Å². The Kier molecular flexibility index (Phi) is 6.57. The summed E-state index contributed by atoms with van der Waals surface area (Å²) in [4.78, 5) is 28.3. The number of aryl methyl sites for hydroxylation is 2. The normalized spacial score (nSPS) is 24.1. The van der Waals surface area contributed by atoms with Gasteiger partial charge in [-0.15, -0.1) is 0 Å². The summed E-state index contributed by atoms with van der Waals surface area (Å²) >= 11 is 0. The van der Waals surface area contributed by atoms with Crippen LogP contribution in [0.25, 0.3) is 0 Å². The summed E-state index contributed by atoms with van der Waals surface area (Å²) in [5.74, 6) is -0.785. The zero-order chi connectivity index (χ0) is 22.1. The first kappa shape index (κ1) is 22.7. The van der Waals surface area contributed by atoms with Gasteiger partial charge in [0.2, 0.25) is 21.8 Å². The van der Waals surface area contributed by atoms with Crippen LogP contribution >= 0.6 is 0 Å². The van der Waals surface area contributed by atoms with Crippen LogP contribution in [0.4, 0.5) is 5.69 Å². The Balaban J connectivity index is 2.01. The molecule has 0 spiro atoms. The van der Waals surface area contributed by atoms with Crippen LogP contribution in [0, 0.1) is 13.8 Å². The molecular formula is C22H33N3O4S. The Morgan fingerprint density at radius 3 is 2.30 bits per heavy atom. The van der Waals surface area contributed by atoms with Gasteiger partial charge in [0.15, 0.2) is 0 Å². The molecule has 1 saturated carbocycles. The average molecular weight is 436 g/mol. The molecule has 0 unspecified atom stereocenters. The molecule has 2 amide bonds. The Hall–Kier alpha value is -1.93. The van der Waals surface area contributed by atoms with Crippen molar-refractivity contribution < 1.29 is 18.0 Å². The highest BCUT2D eigenvalue weighted by Gasteiger charge is 2.51. The molecule has 1 aliphatic heterocycles. The second-order valence-electron chi connectivity index (χ2n) is 8.83. The molecule has 3 rings (SSSR count). The number of benzene rings is 1. The monoisotopic (exact) mass is 435 g/mol. The molecule has 1 heterocycles. The lowest BCUT2D eigenvalue weighted by molar-refractivity contribution is -0.133. The smallest absolute Gasteiger partial charge is 0.247 e. The molecule has 0 aromatic heterocycles. The van der Waals surface area contributed by atoms with E-state index < -0.39 is 15.6 Å². The Labute approximate surface area is 179 Å². The van der Waals surface area contributed by atoms with Crippen LogP contribution in [0.5, 0.6) is 0 Å². The third-order valence-electron chi connectivity index (χ3n) is 6.19. The zero-order valence-corrected chi connectivity index (χ0v) is 19.2. The molecule has 1 aromatic carbocycles. The fourth-order valence-corrected chi connectivity index (χ4v) is 5.74. The number of carbonyl (C=O) groups is 2. The van der Waals surface area contributed by atoms with Gasteiger partial charge in [-0.25, -0.2) is 8.42 Å². The second-order valence-corrected chi connectivity index (χ2v) is 11.1. The van der Waals surface area contributed by atoms with Gasteiger partial charge in [0.25, 0.3) is 0 Å². The number of amides is 2. The van der Waals surface area contributed by atoms with Crippen LogP contribution in [-0.4, -0.2) is 55.0 Å². The highest BCUT2D eigenvalue weighted by atomic mass is 32.2. The van der Waals surface area contributed by atoms with Gasteiger partial charge in [0.05, 0.1) is 12.3 Å². The van der Waals surface area contributed by atoms with Gasteiger partial charge in [0, 0.05) is 18.3 Å². The lowest BCUT2D eigenvalue weighted by Gasteiger charge is -2.47. The topological polar surface area (TPSA) is 86.8 Å². The summed E-state index contributed by atoms with van der Waals surface area (Å²) < 4.78 is 26.3. The van der Waals surface area contributed by atoms with Gasteiger partial charge in [-0.3, -0.25) is 14.5 Å². The van der Waals surface area contributed by atoms with E-state index in [2.05, 4.69) is 5.32 Å². The number of nitrogens with zero attached hydrogens (tertiary/aromatic N) is 2. The number of hydrogen-bond acceptors (Lipinski definition) is 4. The van der Waals surface area contributed by atoms with E-state index in [-0.39, 0.29) is 36.7 Å². The van der Waals surface area contributed by atoms with Gasteiger partial charge >= 0.3 is 0 Å². The summed E-state index contributed by atoms with van der Waals surface area (Å²) in [6.07, 6.45) is 5.13. The van der Waals surface area contributed by atoms with Crippen molar-refractivity contribution in [1.29, 1.82) is 0 Å². The van der Waals surface area contributed by atoms with Crippen LogP contribution in [0.1, 0.15) is 57.1 Å². The van der Waals surface area contributed by atoms with Crippen molar-refractivity contribution in [2.45, 2.75) is 71.4 Å². The minimum Gasteiger partial charge on any atom is -0.351 e. The number of rotatable bonds is 5. The SMILES string of the molecule is CCS(=O)(=O)N1CC(=O)N(c2cc(C)cc(C)c2)[C@](C)(C(=O)NC2CCCCC2)C1. The lowest BCUT2D eigenvalue weighted by atomic mass is 9.91. The summed E-state index contributed by atoms with van der Waals surface area (Å²) in [6.45, 7) is 6.81. The third kappa shape index (κ3) is 4.54. The highest BCUT2D eigenvalue weighted by molar-refractivity contribution is 7.89. The lowest BCUT2D eigenvalue weighted by Crippen LogP contribution is -2.71. The number of carbonyl (C=O) groups excluding carboxylic acids is 2. The van der Waals surface area contributed by atoms with Crippen molar-refractivity contribution >= 4 is 27.5 Å². The molecule has 8 heteroatoms. The highest BCUT2D eigenvalue weighted by Crippen LogP contribution is 2.32. The molecule has 0 bridgehead atoms. The number of sulfonamides is 1. The summed E-state index contributed by atoms with van der Waals surface area (Å²) in [5, 5.41) is 3.11. The van der Waals surface area contributed by atoms with Crippen LogP contribution in [0.15, 0.2) is 18.2 Å². The van der Waals surface area contributed by atoms with Gasteiger partial charge in [-0.2, -0.15) is 4.31 Å². The quantitative estimate of drug-likeness (QED) is 0.770. The zero-order valence-electron chi connectivity index (χ0n) is 18.4. The largest absolute Gasteiger partial charge is 0.351 e. The number of hydrogen-bond donors (Lipinski definition) is 1. The molecule has 1 saturated heterocycles. The van der Waals surface area contributed by atoms with Gasteiger partial charge in [-0.1, -0.05) is 25.3 Å². The average Bonchev–Trinajstić information content (AvgIpc) is 2.67. The van der Waals surface area contributed by atoms with Crippen molar-refractivity contribution in [2.24, 2.45) is 0 Å². The van der Waals surface area contributed by atoms with E-state index >= 15 is 0 Å². The second kappa shape index (κ2) is 8.67. The first-order chi connectivity index (χ1) is 14.1. The van der Waals surface area contributed by atoms with E-state index in [1.165, 1.54) is 11.3 Å². The standard InChI is InChI=1S/C22H33N3O4S/c1-5-30(28,29)24-14-20(26)25(19-12-16(2)11-17(3)13-19)22(4,15-24)21(27)23-18-9-7-6-8-10-18/h11-13,18H,5-10,14-15H2,1-4H3,(H,23,27)/t22-/m0/s1. The molecule has 2 aliphatic rings. The first-order valence-electron chi connectivity index (χ1n) is 10.8. The molecular weight excluding hydrogens is 402 g/mol. The van der Waals surface area contributed by atoms with Crippen LogP contribution in [0.2, 0.25) is 0 Å². The number of anilines is 1. The predicted octanol–water partition coefficient (Wildman–Crippen LogP) is 2.51. The van der Waals surface area contributed by atoms with Crippen molar-refractivity contribution in [3.8, 4) is 0 Å². The third-order valence-corrected chi connectivity index (χ3v) is 7.97. The summed E-state index contributed by atoms with van der Waals surface area (Å²) in [6, 6.07) is 5.82. The number of nitrogens with one attached hydrogen (secondary N) is 1.